The van der Waals surface area contributed by atoms with Crippen LogP contribution in [0.3, 0.4) is 0 Å². The molecule has 0 unspecified atom stereocenters. The second kappa shape index (κ2) is 10.3. The largest absolute Gasteiger partial charge is 0.466 e. The lowest BCUT2D eigenvalue weighted by molar-refractivity contribution is -0.142. The molecular formula is C23H27ClN2O3. The van der Waals surface area contributed by atoms with Crippen LogP contribution in [0, 0.1) is 0 Å². The van der Waals surface area contributed by atoms with Crippen LogP contribution in [0.25, 0.3) is 0 Å². The highest BCUT2D eigenvalue weighted by Gasteiger charge is 2.26. The number of anilines is 1. The monoisotopic (exact) mass is 414 g/mol. The summed E-state index contributed by atoms with van der Waals surface area (Å²) in [5.74, 6) is -0.250. The van der Waals surface area contributed by atoms with Gasteiger partial charge < -0.3 is 15.0 Å². The Bertz CT molecular complexity index is 821. The van der Waals surface area contributed by atoms with Crippen molar-refractivity contribution in [2.24, 2.45) is 0 Å². The van der Waals surface area contributed by atoms with Gasteiger partial charge in [0.1, 0.15) is 0 Å². The van der Waals surface area contributed by atoms with Crippen molar-refractivity contribution in [3.63, 3.8) is 0 Å². The number of urea groups is 1. The lowest BCUT2D eigenvalue weighted by atomic mass is 10.0. The highest BCUT2D eigenvalue weighted by Crippen LogP contribution is 2.31. The number of nitrogens with zero attached hydrogens (tertiary/aromatic N) is 1. The van der Waals surface area contributed by atoms with Gasteiger partial charge in [0.25, 0.3) is 0 Å². The molecule has 0 aromatic heterocycles. The first-order valence-corrected chi connectivity index (χ1v) is 10.5. The van der Waals surface area contributed by atoms with E-state index in [0.29, 0.717) is 17.3 Å². The maximum absolute atomic E-state index is 13.0. The number of benzene rings is 2. The van der Waals surface area contributed by atoms with E-state index in [-0.39, 0.29) is 24.5 Å². The van der Waals surface area contributed by atoms with Gasteiger partial charge in [0.05, 0.1) is 19.1 Å². The first-order chi connectivity index (χ1) is 14.1. The van der Waals surface area contributed by atoms with Gasteiger partial charge >= 0.3 is 12.0 Å². The fraction of sp³-hybridized carbons (Fsp3) is 0.391. The Labute approximate surface area is 177 Å². The molecule has 1 aliphatic heterocycles. The molecule has 3 rings (SSSR count). The van der Waals surface area contributed by atoms with Crippen molar-refractivity contribution in [2.75, 3.05) is 18.5 Å². The lowest BCUT2D eigenvalue weighted by Crippen LogP contribution is -2.38. The predicted molar refractivity (Wildman–Crippen MR) is 115 cm³/mol. The summed E-state index contributed by atoms with van der Waals surface area (Å²) < 4.78 is 4.97. The van der Waals surface area contributed by atoms with Crippen molar-refractivity contribution in [1.29, 1.82) is 0 Å². The normalized spacial score (nSPS) is 16.8. The molecule has 1 fully saturated rings. The summed E-state index contributed by atoms with van der Waals surface area (Å²) in [4.78, 5) is 26.6. The third-order valence-electron chi connectivity index (χ3n) is 5.13. The molecule has 0 saturated carbocycles. The molecule has 154 valence electrons. The molecule has 1 heterocycles. The fourth-order valence-electron chi connectivity index (χ4n) is 3.66. The van der Waals surface area contributed by atoms with Gasteiger partial charge in [-0.05, 0) is 55.2 Å². The van der Waals surface area contributed by atoms with Crippen LogP contribution in [-0.2, 0) is 16.0 Å². The van der Waals surface area contributed by atoms with Gasteiger partial charge in [0.2, 0.25) is 0 Å². The third-order valence-corrected chi connectivity index (χ3v) is 5.38. The van der Waals surface area contributed by atoms with E-state index in [1.54, 1.807) is 6.92 Å². The van der Waals surface area contributed by atoms with E-state index >= 15 is 0 Å². The molecular weight excluding hydrogens is 388 g/mol. The average molecular weight is 415 g/mol. The Morgan fingerprint density at radius 2 is 1.79 bits per heavy atom. The number of carbonyl (C=O) groups is 2. The van der Waals surface area contributed by atoms with E-state index in [1.807, 2.05) is 53.4 Å². The molecule has 1 saturated heterocycles. The maximum atomic E-state index is 13.0. The second-order valence-corrected chi connectivity index (χ2v) is 7.66. The molecule has 1 N–H and O–H groups in total. The number of hydrogen-bond donors (Lipinski definition) is 1. The zero-order chi connectivity index (χ0) is 20.6. The van der Waals surface area contributed by atoms with Crippen LogP contribution in [0.5, 0.6) is 0 Å². The van der Waals surface area contributed by atoms with Crippen molar-refractivity contribution in [1.82, 2.24) is 4.90 Å². The molecule has 0 bridgehead atoms. The Kier molecular flexibility index (Phi) is 7.53. The SMILES string of the molecule is CCOC(=O)Cc1ccc(NC(=O)N2CCCCC[C@H]2c2ccc(Cl)cc2)cc1. The molecule has 1 aliphatic rings. The second-order valence-electron chi connectivity index (χ2n) is 7.22. The Hall–Kier alpha value is -2.53. The van der Waals surface area contributed by atoms with Gasteiger partial charge in [0.15, 0.2) is 0 Å². The summed E-state index contributed by atoms with van der Waals surface area (Å²) in [5.41, 5.74) is 2.67. The topological polar surface area (TPSA) is 58.6 Å². The quantitative estimate of drug-likeness (QED) is 0.648. The molecule has 6 heteroatoms. The van der Waals surface area contributed by atoms with Gasteiger partial charge in [-0.2, -0.15) is 0 Å². The molecule has 29 heavy (non-hydrogen) atoms. The minimum Gasteiger partial charge on any atom is -0.466 e. The molecule has 0 radical (unpaired) electrons. The Morgan fingerprint density at radius 3 is 2.48 bits per heavy atom. The van der Waals surface area contributed by atoms with Crippen LogP contribution in [0.1, 0.15) is 49.8 Å². The van der Waals surface area contributed by atoms with E-state index in [4.69, 9.17) is 16.3 Å². The number of amides is 2. The minimum absolute atomic E-state index is 0.0397. The van der Waals surface area contributed by atoms with E-state index in [1.165, 1.54) is 0 Å². The van der Waals surface area contributed by atoms with Gasteiger partial charge in [-0.3, -0.25) is 4.79 Å². The van der Waals surface area contributed by atoms with Crippen LogP contribution < -0.4 is 5.32 Å². The maximum Gasteiger partial charge on any atom is 0.322 e. The number of hydrogen-bond acceptors (Lipinski definition) is 3. The highest BCUT2D eigenvalue weighted by molar-refractivity contribution is 6.30. The summed E-state index contributed by atoms with van der Waals surface area (Å²) in [6, 6.07) is 15.0. The number of halogens is 1. The minimum atomic E-state index is -0.250. The third kappa shape index (κ3) is 5.97. The zero-order valence-electron chi connectivity index (χ0n) is 16.7. The van der Waals surface area contributed by atoms with Gasteiger partial charge in [-0.1, -0.05) is 48.7 Å². The van der Waals surface area contributed by atoms with Gasteiger partial charge in [0, 0.05) is 17.3 Å². The van der Waals surface area contributed by atoms with E-state index in [9.17, 15) is 9.59 Å². The van der Waals surface area contributed by atoms with Crippen molar-refractivity contribution >= 4 is 29.3 Å². The smallest absolute Gasteiger partial charge is 0.322 e. The predicted octanol–water partition coefficient (Wildman–Crippen LogP) is 5.59. The van der Waals surface area contributed by atoms with E-state index < -0.39 is 0 Å². The molecule has 1 atom stereocenters. The molecule has 0 aliphatic carbocycles. The van der Waals surface area contributed by atoms with E-state index in [0.717, 1.165) is 43.4 Å². The summed E-state index contributed by atoms with van der Waals surface area (Å²) >= 11 is 6.03. The van der Waals surface area contributed by atoms with Gasteiger partial charge in [-0.25, -0.2) is 4.79 Å². The Balaban J connectivity index is 1.68. The zero-order valence-corrected chi connectivity index (χ0v) is 17.5. The number of nitrogens with one attached hydrogen (secondary N) is 1. The summed E-state index contributed by atoms with van der Waals surface area (Å²) in [6.07, 6.45) is 4.38. The van der Waals surface area contributed by atoms with Crippen LogP contribution in [-0.4, -0.2) is 30.1 Å². The van der Waals surface area contributed by atoms with Crippen LogP contribution >= 0.6 is 11.6 Å². The summed E-state index contributed by atoms with van der Waals surface area (Å²) in [5, 5.41) is 3.70. The molecule has 2 aromatic rings. The van der Waals surface area contributed by atoms with Crippen molar-refractivity contribution in [3.8, 4) is 0 Å². The molecule has 5 nitrogen and oxygen atoms in total. The number of esters is 1. The fourth-order valence-corrected chi connectivity index (χ4v) is 3.79. The Morgan fingerprint density at radius 1 is 1.07 bits per heavy atom. The highest BCUT2D eigenvalue weighted by atomic mass is 35.5. The number of carbonyl (C=O) groups excluding carboxylic acids is 2. The van der Waals surface area contributed by atoms with Crippen molar-refractivity contribution < 1.29 is 14.3 Å². The molecule has 0 spiro atoms. The van der Waals surface area contributed by atoms with Crippen LogP contribution in [0.2, 0.25) is 5.02 Å². The van der Waals surface area contributed by atoms with Crippen molar-refractivity contribution in [3.05, 3.63) is 64.7 Å². The summed E-state index contributed by atoms with van der Waals surface area (Å²) in [7, 11) is 0. The molecule has 2 amide bonds. The van der Waals surface area contributed by atoms with Gasteiger partial charge in [-0.15, -0.1) is 0 Å². The first kappa shape index (κ1) is 21.2. The number of ether oxygens (including phenoxy) is 1. The first-order valence-electron chi connectivity index (χ1n) is 10.1. The lowest BCUT2D eigenvalue weighted by Gasteiger charge is -2.30. The number of rotatable bonds is 5. The standard InChI is InChI=1S/C23H27ClN2O3/c1-2-29-22(27)16-17-7-13-20(14-8-17)25-23(28)26-15-5-3-4-6-21(26)18-9-11-19(24)12-10-18/h7-14,21H,2-6,15-16H2,1H3,(H,25,28)/t21-/m0/s1. The van der Waals surface area contributed by atoms with E-state index in [2.05, 4.69) is 5.32 Å². The average Bonchev–Trinajstić information content (AvgIpc) is 2.96. The van der Waals surface area contributed by atoms with Crippen LogP contribution in [0.15, 0.2) is 48.5 Å². The summed E-state index contributed by atoms with van der Waals surface area (Å²) in [6.45, 7) is 2.88. The van der Waals surface area contributed by atoms with Crippen LogP contribution in [0.4, 0.5) is 10.5 Å². The molecule has 2 aromatic carbocycles. The number of likely N-dealkylation sites (tertiary alicyclic amines) is 1. The van der Waals surface area contributed by atoms with Crippen molar-refractivity contribution in [2.45, 2.75) is 45.1 Å².